The Labute approximate surface area is 157 Å². The normalized spacial score (nSPS) is 10.2. The first-order valence-electron chi connectivity index (χ1n) is 8.72. The van der Waals surface area contributed by atoms with Gasteiger partial charge in [-0.3, -0.25) is 9.59 Å². The van der Waals surface area contributed by atoms with Crippen LogP contribution in [0.5, 0.6) is 11.5 Å². The molecule has 144 valence electrons. The molecule has 27 heavy (non-hydrogen) atoms. The molecule has 0 atom stereocenters. The van der Waals surface area contributed by atoms with Crippen LogP contribution in [0.25, 0.3) is 0 Å². The van der Waals surface area contributed by atoms with Crippen LogP contribution in [0.1, 0.15) is 29.8 Å². The fourth-order valence-corrected chi connectivity index (χ4v) is 2.37. The van der Waals surface area contributed by atoms with Crippen LogP contribution in [0.2, 0.25) is 0 Å². The molecule has 0 aliphatic carbocycles. The van der Waals surface area contributed by atoms with Gasteiger partial charge in [0.15, 0.2) is 11.5 Å². The van der Waals surface area contributed by atoms with Crippen LogP contribution < -0.4 is 20.1 Å². The van der Waals surface area contributed by atoms with Crippen LogP contribution in [0.15, 0.2) is 42.5 Å². The number of carbonyl (C=O) groups is 2. The summed E-state index contributed by atoms with van der Waals surface area (Å²) in [6.45, 7) is 4.62. The fourth-order valence-electron chi connectivity index (χ4n) is 2.37. The molecule has 0 fully saturated rings. The van der Waals surface area contributed by atoms with Gasteiger partial charge in [-0.2, -0.15) is 0 Å². The Kier molecular flexibility index (Phi) is 7.61. The zero-order valence-electron chi connectivity index (χ0n) is 15.4. The first-order valence-corrected chi connectivity index (χ1v) is 8.72. The van der Waals surface area contributed by atoms with Crippen molar-refractivity contribution in [3.05, 3.63) is 59.4 Å². The molecule has 0 aliphatic heterocycles. The molecular weight excluding hydrogens is 351 g/mol. The van der Waals surface area contributed by atoms with Crippen molar-refractivity contribution >= 4 is 11.8 Å². The topological polar surface area (TPSA) is 76.7 Å². The lowest BCUT2D eigenvalue weighted by molar-refractivity contribution is -0.120. The van der Waals surface area contributed by atoms with Crippen LogP contribution in [0.3, 0.4) is 0 Å². The maximum absolute atomic E-state index is 13.1. The number of benzene rings is 2. The molecule has 0 spiro atoms. The van der Waals surface area contributed by atoms with E-state index in [9.17, 15) is 14.0 Å². The quantitative estimate of drug-likeness (QED) is 0.708. The van der Waals surface area contributed by atoms with Gasteiger partial charge in [0.25, 0.3) is 5.91 Å². The third kappa shape index (κ3) is 6.29. The average Bonchev–Trinajstić information content (AvgIpc) is 2.66. The Balaban J connectivity index is 1.88. The molecule has 0 aromatic heterocycles. The molecule has 6 nitrogen and oxygen atoms in total. The van der Waals surface area contributed by atoms with Gasteiger partial charge in [-0.25, -0.2) is 4.39 Å². The average molecular weight is 374 g/mol. The van der Waals surface area contributed by atoms with Gasteiger partial charge in [0.1, 0.15) is 5.82 Å². The molecule has 0 saturated carbocycles. The Morgan fingerprint density at radius 2 is 1.70 bits per heavy atom. The Bertz CT molecular complexity index is 795. The summed E-state index contributed by atoms with van der Waals surface area (Å²) < 4.78 is 24.1. The van der Waals surface area contributed by atoms with Gasteiger partial charge < -0.3 is 20.1 Å². The summed E-state index contributed by atoms with van der Waals surface area (Å²) in [6.07, 6.45) is 0. The van der Waals surface area contributed by atoms with Crippen LogP contribution in [0.4, 0.5) is 4.39 Å². The van der Waals surface area contributed by atoms with Crippen molar-refractivity contribution < 1.29 is 23.5 Å². The molecule has 2 N–H and O–H groups in total. The molecule has 0 unspecified atom stereocenters. The number of halogens is 1. The minimum atomic E-state index is -0.403. The van der Waals surface area contributed by atoms with Crippen LogP contribution >= 0.6 is 0 Å². The van der Waals surface area contributed by atoms with Gasteiger partial charge in [-0.15, -0.1) is 0 Å². The van der Waals surface area contributed by atoms with Crippen molar-refractivity contribution in [3.8, 4) is 11.5 Å². The second kappa shape index (κ2) is 10.2. The monoisotopic (exact) mass is 374 g/mol. The number of hydrogen-bond donors (Lipinski definition) is 2. The third-order valence-corrected chi connectivity index (χ3v) is 3.59. The van der Waals surface area contributed by atoms with E-state index in [-0.39, 0.29) is 24.8 Å². The van der Waals surface area contributed by atoms with Crippen LogP contribution in [0, 0.1) is 5.82 Å². The molecular formula is C20H23FN2O4. The predicted octanol–water partition coefficient (Wildman–Crippen LogP) is 2.67. The van der Waals surface area contributed by atoms with Crippen molar-refractivity contribution in [2.75, 3.05) is 19.8 Å². The highest BCUT2D eigenvalue weighted by Gasteiger charge is 2.12. The lowest BCUT2D eigenvalue weighted by Gasteiger charge is -2.12. The highest BCUT2D eigenvalue weighted by molar-refractivity contribution is 5.97. The Morgan fingerprint density at radius 1 is 0.963 bits per heavy atom. The van der Waals surface area contributed by atoms with E-state index in [1.165, 1.54) is 12.1 Å². The molecule has 0 saturated heterocycles. The van der Waals surface area contributed by atoms with E-state index in [0.717, 1.165) is 0 Å². The van der Waals surface area contributed by atoms with Gasteiger partial charge in [-0.05, 0) is 49.7 Å². The number of hydrogen-bond acceptors (Lipinski definition) is 4. The SMILES string of the molecule is CCOc1ccc(C(=O)NCC(=O)NCc2cccc(F)c2)cc1OCC. The second-order valence-corrected chi connectivity index (χ2v) is 5.62. The smallest absolute Gasteiger partial charge is 0.251 e. The number of nitrogens with one attached hydrogen (secondary N) is 2. The van der Waals surface area contributed by atoms with Crippen LogP contribution in [-0.2, 0) is 11.3 Å². The lowest BCUT2D eigenvalue weighted by atomic mass is 10.2. The largest absolute Gasteiger partial charge is 0.490 e. The maximum Gasteiger partial charge on any atom is 0.251 e. The summed E-state index contributed by atoms with van der Waals surface area (Å²) in [5, 5.41) is 5.17. The van der Waals surface area contributed by atoms with E-state index in [1.54, 1.807) is 30.3 Å². The van der Waals surface area contributed by atoms with Gasteiger partial charge in [0.2, 0.25) is 5.91 Å². The van der Waals surface area contributed by atoms with Crippen LogP contribution in [-0.4, -0.2) is 31.6 Å². The van der Waals surface area contributed by atoms with E-state index >= 15 is 0 Å². The molecule has 7 heteroatoms. The first-order chi connectivity index (χ1) is 13.0. The number of amides is 2. The van der Waals surface area contributed by atoms with E-state index in [1.807, 2.05) is 13.8 Å². The highest BCUT2D eigenvalue weighted by Crippen LogP contribution is 2.28. The van der Waals surface area contributed by atoms with Crippen molar-refractivity contribution in [2.24, 2.45) is 0 Å². The number of ether oxygens (including phenoxy) is 2. The van der Waals surface area contributed by atoms with Crippen molar-refractivity contribution in [2.45, 2.75) is 20.4 Å². The molecule has 0 bridgehead atoms. The first kappa shape index (κ1) is 20.2. The zero-order chi connectivity index (χ0) is 19.6. The van der Waals surface area contributed by atoms with Crippen molar-refractivity contribution in [3.63, 3.8) is 0 Å². The summed E-state index contributed by atoms with van der Waals surface area (Å²) in [6, 6.07) is 10.8. The summed E-state index contributed by atoms with van der Waals surface area (Å²) in [5.74, 6) is -0.106. The Morgan fingerprint density at radius 3 is 2.41 bits per heavy atom. The zero-order valence-corrected chi connectivity index (χ0v) is 15.4. The standard InChI is InChI=1S/C20H23FN2O4/c1-3-26-17-9-8-15(11-18(17)27-4-2)20(25)23-13-19(24)22-12-14-6-5-7-16(21)10-14/h5-11H,3-4,12-13H2,1-2H3,(H,22,24)(H,23,25). The number of rotatable bonds is 9. The summed E-state index contributed by atoms with van der Waals surface area (Å²) in [7, 11) is 0. The molecule has 0 heterocycles. The molecule has 0 aliphatic rings. The minimum Gasteiger partial charge on any atom is -0.490 e. The maximum atomic E-state index is 13.1. The van der Waals surface area contributed by atoms with Gasteiger partial charge in [-0.1, -0.05) is 12.1 Å². The second-order valence-electron chi connectivity index (χ2n) is 5.62. The van der Waals surface area contributed by atoms with E-state index in [4.69, 9.17) is 9.47 Å². The lowest BCUT2D eigenvalue weighted by Crippen LogP contribution is -2.36. The summed E-state index contributed by atoms with van der Waals surface area (Å²) in [5.41, 5.74) is 1.00. The number of carbonyl (C=O) groups excluding carboxylic acids is 2. The van der Waals surface area contributed by atoms with Gasteiger partial charge >= 0.3 is 0 Å². The van der Waals surface area contributed by atoms with Gasteiger partial charge in [0, 0.05) is 12.1 Å². The van der Waals surface area contributed by atoms with E-state index < -0.39 is 5.91 Å². The molecule has 2 amide bonds. The molecule has 2 rings (SSSR count). The van der Waals surface area contributed by atoms with Crippen molar-refractivity contribution in [1.82, 2.24) is 10.6 Å². The predicted molar refractivity (Wildman–Crippen MR) is 99.4 cm³/mol. The molecule has 0 radical (unpaired) electrons. The third-order valence-electron chi connectivity index (χ3n) is 3.59. The van der Waals surface area contributed by atoms with E-state index in [0.29, 0.717) is 35.8 Å². The summed E-state index contributed by atoms with van der Waals surface area (Å²) in [4.78, 5) is 24.1. The van der Waals surface area contributed by atoms with Crippen molar-refractivity contribution in [1.29, 1.82) is 0 Å². The highest BCUT2D eigenvalue weighted by atomic mass is 19.1. The molecule has 2 aromatic carbocycles. The summed E-state index contributed by atoms with van der Waals surface area (Å²) >= 11 is 0. The minimum absolute atomic E-state index is 0.185. The fraction of sp³-hybridized carbons (Fsp3) is 0.300. The molecule has 2 aromatic rings. The van der Waals surface area contributed by atoms with E-state index in [2.05, 4.69) is 10.6 Å². The Hall–Kier alpha value is -3.09. The van der Waals surface area contributed by atoms with Gasteiger partial charge in [0.05, 0.1) is 19.8 Å².